The molecule has 0 saturated heterocycles. The highest BCUT2D eigenvalue weighted by atomic mass is 16.5. The number of carboxylic acid groups (broad SMARTS) is 1. The van der Waals surface area contributed by atoms with E-state index in [1.165, 1.54) is 0 Å². The highest BCUT2D eigenvalue weighted by Crippen LogP contribution is 2.27. The molecule has 2 aromatic carbocycles. The van der Waals surface area contributed by atoms with E-state index in [0.29, 0.717) is 35.5 Å². The molecule has 0 spiro atoms. The minimum Gasteiger partial charge on any atom is -0.493 e. The van der Waals surface area contributed by atoms with Gasteiger partial charge in [-0.1, -0.05) is 13.0 Å². The second-order valence-corrected chi connectivity index (χ2v) is 5.83. The van der Waals surface area contributed by atoms with Crippen molar-refractivity contribution >= 4 is 17.3 Å². The van der Waals surface area contributed by atoms with E-state index in [4.69, 9.17) is 15.1 Å². The summed E-state index contributed by atoms with van der Waals surface area (Å²) in [6.07, 6.45) is 2.95. The Bertz CT molecular complexity index is 894. The molecule has 0 atom stereocenters. The fraction of sp³-hybridized carbons (Fsp3) is 0.238. The second kappa shape index (κ2) is 9.88. The van der Waals surface area contributed by atoms with Gasteiger partial charge in [-0.15, -0.1) is 0 Å². The summed E-state index contributed by atoms with van der Waals surface area (Å²) in [6, 6.07) is 14.5. The quantitative estimate of drug-likeness (QED) is 0.389. The first-order valence-electron chi connectivity index (χ1n) is 8.61. The second-order valence-electron chi connectivity index (χ2n) is 5.83. The number of hydrogen-bond acceptors (Lipinski definition) is 5. The SMILES string of the molecule is CCc1cc(N=Nc2ccc(C#N)cc2)ccc1OCCC=C(C)C(=O)O. The third kappa shape index (κ3) is 6.08. The van der Waals surface area contributed by atoms with Crippen molar-refractivity contribution < 1.29 is 14.6 Å². The molecule has 0 radical (unpaired) electrons. The Morgan fingerprint density at radius 3 is 2.48 bits per heavy atom. The molecule has 0 bridgehead atoms. The number of hydrogen-bond donors (Lipinski definition) is 1. The lowest BCUT2D eigenvalue weighted by Gasteiger charge is -2.10. The molecule has 2 aromatic rings. The first-order valence-corrected chi connectivity index (χ1v) is 8.61. The van der Waals surface area contributed by atoms with Crippen LogP contribution < -0.4 is 4.74 Å². The van der Waals surface area contributed by atoms with Gasteiger partial charge in [-0.05, 0) is 61.4 Å². The van der Waals surface area contributed by atoms with Gasteiger partial charge < -0.3 is 9.84 Å². The summed E-state index contributed by atoms with van der Waals surface area (Å²) in [5.74, 6) is -0.155. The third-order valence-electron chi connectivity index (χ3n) is 3.87. The average Bonchev–Trinajstić information content (AvgIpc) is 2.70. The molecule has 6 nitrogen and oxygen atoms in total. The van der Waals surface area contributed by atoms with E-state index < -0.39 is 5.97 Å². The predicted octanol–water partition coefficient (Wildman–Crippen LogP) is 5.34. The molecule has 0 aliphatic heterocycles. The number of rotatable bonds is 8. The van der Waals surface area contributed by atoms with Crippen molar-refractivity contribution in [2.24, 2.45) is 10.2 Å². The predicted molar refractivity (Wildman–Crippen MR) is 103 cm³/mol. The number of aryl methyl sites for hydroxylation is 1. The monoisotopic (exact) mass is 363 g/mol. The van der Waals surface area contributed by atoms with Gasteiger partial charge in [-0.3, -0.25) is 0 Å². The van der Waals surface area contributed by atoms with E-state index >= 15 is 0 Å². The highest BCUT2D eigenvalue weighted by Gasteiger charge is 2.04. The number of nitriles is 1. The largest absolute Gasteiger partial charge is 0.493 e. The average molecular weight is 363 g/mol. The van der Waals surface area contributed by atoms with Crippen LogP contribution in [0.1, 0.15) is 31.4 Å². The smallest absolute Gasteiger partial charge is 0.330 e. The van der Waals surface area contributed by atoms with Crippen LogP contribution in [-0.4, -0.2) is 17.7 Å². The minimum absolute atomic E-state index is 0.313. The van der Waals surface area contributed by atoms with Crippen LogP contribution in [0.15, 0.2) is 64.3 Å². The van der Waals surface area contributed by atoms with E-state index in [1.54, 1.807) is 37.3 Å². The first-order chi connectivity index (χ1) is 13.0. The summed E-state index contributed by atoms with van der Waals surface area (Å²) >= 11 is 0. The first kappa shape index (κ1) is 19.9. The Morgan fingerprint density at radius 1 is 1.19 bits per heavy atom. The number of aliphatic carboxylic acids is 1. The Balaban J connectivity index is 2.02. The van der Waals surface area contributed by atoms with Crippen LogP contribution in [0.5, 0.6) is 5.75 Å². The summed E-state index contributed by atoms with van der Waals surface area (Å²) in [4.78, 5) is 10.8. The van der Waals surface area contributed by atoms with Gasteiger partial charge in [0, 0.05) is 12.0 Å². The lowest BCUT2D eigenvalue weighted by Crippen LogP contribution is -2.01. The van der Waals surface area contributed by atoms with Gasteiger partial charge in [0.15, 0.2) is 0 Å². The summed E-state index contributed by atoms with van der Waals surface area (Å²) in [6.45, 7) is 4.00. The van der Waals surface area contributed by atoms with E-state index in [9.17, 15) is 4.79 Å². The van der Waals surface area contributed by atoms with Crippen LogP contribution in [0, 0.1) is 11.3 Å². The topological polar surface area (TPSA) is 95.0 Å². The third-order valence-corrected chi connectivity index (χ3v) is 3.87. The maximum Gasteiger partial charge on any atom is 0.330 e. The van der Waals surface area contributed by atoms with Crippen LogP contribution in [-0.2, 0) is 11.2 Å². The van der Waals surface area contributed by atoms with Crippen molar-refractivity contribution in [2.45, 2.75) is 26.7 Å². The van der Waals surface area contributed by atoms with Crippen LogP contribution in [0.2, 0.25) is 0 Å². The molecule has 0 aliphatic rings. The molecule has 6 heteroatoms. The van der Waals surface area contributed by atoms with Crippen molar-refractivity contribution in [2.75, 3.05) is 6.61 Å². The zero-order chi connectivity index (χ0) is 19.6. The zero-order valence-electron chi connectivity index (χ0n) is 15.3. The van der Waals surface area contributed by atoms with Gasteiger partial charge in [0.05, 0.1) is 29.6 Å². The molecule has 0 amide bonds. The van der Waals surface area contributed by atoms with E-state index in [-0.39, 0.29) is 0 Å². The van der Waals surface area contributed by atoms with Crippen LogP contribution >= 0.6 is 0 Å². The summed E-state index contributed by atoms with van der Waals surface area (Å²) in [7, 11) is 0. The maximum absolute atomic E-state index is 10.8. The molecule has 0 heterocycles. The van der Waals surface area contributed by atoms with Crippen molar-refractivity contribution in [3.05, 3.63) is 65.2 Å². The fourth-order valence-electron chi connectivity index (χ4n) is 2.29. The number of nitrogens with zero attached hydrogens (tertiary/aromatic N) is 3. The van der Waals surface area contributed by atoms with Gasteiger partial charge in [-0.25, -0.2) is 4.79 Å². The number of ether oxygens (including phenoxy) is 1. The zero-order valence-corrected chi connectivity index (χ0v) is 15.3. The Morgan fingerprint density at radius 2 is 1.85 bits per heavy atom. The maximum atomic E-state index is 10.8. The molecule has 2 rings (SSSR count). The lowest BCUT2D eigenvalue weighted by atomic mass is 10.1. The molecule has 27 heavy (non-hydrogen) atoms. The molecule has 1 N–H and O–H groups in total. The minimum atomic E-state index is -0.916. The normalized spacial score (nSPS) is 11.4. The number of azo groups is 1. The van der Waals surface area contributed by atoms with Crippen molar-refractivity contribution in [1.82, 2.24) is 0 Å². The lowest BCUT2D eigenvalue weighted by molar-refractivity contribution is -0.132. The molecular formula is C21H21N3O3. The molecular weight excluding hydrogens is 342 g/mol. The van der Waals surface area contributed by atoms with Gasteiger partial charge in [-0.2, -0.15) is 15.5 Å². The molecule has 0 saturated carbocycles. The molecule has 0 aromatic heterocycles. The van der Waals surface area contributed by atoms with Gasteiger partial charge in [0.2, 0.25) is 0 Å². The molecule has 138 valence electrons. The van der Waals surface area contributed by atoms with E-state index in [1.807, 2.05) is 25.1 Å². The van der Waals surface area contributed by atoms with Crippen LogP contribution in [0.25, 0.3) is 0 Å². The molecule has 0 unspecified atom stereocenters. The Labute approximate surface area is 158 Å². The van der Waals surface area contributed by atoms with Crippen molar-refractivity contribution in [1.29, 1.82) is 5.26 Å². The van der Waals surface area contributed by atoms with E-state index in [2.05, 4.69) is 16.3 Å². The van der Waals surface area contributed by atoms with Gasteiger partial charge in [0.25, 0.3) is 0 Å². The van der Waals surface area contributed by atoms with Crippen LogP contribution in [0.3, 0.4) is 0 Å². The van der Waals surface area contributed by atoms with Crippen molar-refractivity contribution in [3.63, 3.8) is 0 Å². The number of carboxylic acids is 1. The Kier molecular flexibility index (Phi) is 7.26. The summed E-state index contributed by atoms with van der Waals surface area (Å²) < 4.78 is 5.76. The van der Waals surface area contributed by atoms with Crippen molar-refractivity contribution in [3.8, 4) is 11.8 Å². The Hall–Kier alpha value is -3.46. The standard InChI is InChI=1S/C21H21N3O3/c1-3-17-13-19(24-23-18-8-6-16(14-22)7-9-18)10-11-20(17)27-12-4-5-15(2)21(25)26/h5-11,13H,3-4,12H2,1-2H3,(H,25,26). The fourth-order valence-corrected chi connectivity index (χ4v) is 2.29. The highest BCUT2D eigenvalue weighted by molar-refractivity contribution is 5.85. The summed E-state index contributed by atoms with van der Waals surface area (Å²) in [5, 5.41) is 26.0. The number of carbonyl (C=O) groups is 1. The van der Waals surface area contributed by atoms with E-state index in [0.717, 1.165) is 17.7 Å². The molecule has 0 aliphatic carbocycles. The summed E-state index contributed by atoms with van der Waals surface area (Å²) in [5.41, 5.74) is 3.29. The van der Waals surface area contributed by atoms with Crippen LogP contribution in [0.4, 0.5) is 11.4 Å². The van der Waals surface area contributed by atoms with Gasteiger partial charge >= 0.3 is 5.97 Å². The van der Waals surface area contributed by atoms with Gasteiger partial charge in [0.1, 0.15) is 5.75 Å². The number of benzene rings is 2. The molecule has 0 fully saturated rings.